The van der Waals surface area contributed by atoms with Crippen LogP contribution in [0.1, 0.15) is 0 Å². The molecule has 5 heteroatoms. The number of hydrogen-bond acceptors (Lipinski definition) is 4. The fourth-order valence-electron chi connectivity index (χ4n) is 5.39. The van der Waals surface area contributed by atoms with Gasteiger partial charge in [-0.25, -0.2) is 9.97 Å². The molecular weight excluding hydrogens is 484 g/mol. The lowest BCUT2D eigenvalue weighted by Crippen LogP contribution is -1.97. The predicted octanol–water partition coefficient (Wildman–Crippen LogP) is 8.67. The third kappa shape index (κ3) is 3.19. The average Bonchev–Trinajstić information content (AvgIpc) is 3.53. The highest BCUT2D eigenvalue weighted by atomic mass is 32.1. The number of aromatic nitrogens is 4. The number of thiophene rings is 1. The van der Waals surface area contributed by atoms with Crippen LogP contribution in [0, 0.1) is 0 Å². The summed E-state index contributed by atoms with van der Waals surface area (Å²) in [7, 11) is 0. The van der Waals surface area contributed by atoms with Gasteiger partial charge in [0.25, 0.3) is 0 Å². The number of hydrogen-bond donors (Lipinski definition) is 0. The third-order valence-corrected chi connectivity index (χ3v) is 8.38. The van der Waals surface area contributed by atoms with Gasteiger partial charge in [-0.05, 0) is 54.1 Å². The molecule has 0 radical (unpaired) electrons. The largest absolute Gasteiger partial charge is 0.292 e. The van der Waals surface area contributed by atoms with Gasteiger partial charge < -0.3 is 0 Å². The number of nitrogens with zero attached hydrogens (tertiary/aromatic N) is 4. The van der Waals surface area contributed by atoms with Gasteiger partial charge in [-0.2, -0.15) is 0 Å². The molecule has 0 unspecified atom stereocenters. The monoisotopic (exact) mass is 504 g/mol. The number of fused-ring (bicyclic) bond motifs is 7. The van der Waals surface area contributed by atoms with Gasteiger partial charge in [-0.1, -0.05) is 54.6 Å². The van der Waals surface area contributed by atoms with Crippen molar-refractivity contribution < 1.29 is 0 Å². The molecule has 3 aromatic carbocycles. The minimum atomic E-state index is 0.873. The molecule has 178 valence electrons. The first-order chi connectivity index (χ1) is 18.8. The molecule has 0 saturated heterocycles. The van der Waals surface area contributed by atoms with Crippen LogP contribution < -0.4 is 0 Å². The lowest BCUT2D eigenvalue weighted by Gasteiger charge is -2.08. The Morgan fingerprint density at radius 1 is 0.605 bits per heavy atom. The second kappa shape index (κ2) is 8.33. The van der Waals surface area contributed by atoms with Gasteiger partial charge in [0, 0.05) is 55.3 Å². The summed E-state index contributed by atoms with van der Waals surface area (Å²) in [6.07, 6.45) is 5.55. The third-order valence-electron chi connectivity index (χ3n) is 7.18. The summed E-state index contributed by atoms with van der Waals surface area (Å²) in [5.41, 5.74) is 7.40. The van der Waals surface area contributed by atoms with E-state index in [1.54, 1.807) is 0 Å². The summed E-state index contributed by atoms with van der Waals surface area (Å²) in [4.78, 5) is 14.3. The highest BCUT2D eigenvalue weighted by Crippen LogP contribution is 2.43. The Balaban J connectivity index is 1.44. The average molecular weight is 505 g/mol. The summed E-state index contributed by atoms with van der Waals surface area (Å²) < 4.78 is 4.79. The maximum absolute atomic E-state index is 5.26. The summed E-state index contributed by atoms with van der Waals surface area (Å²) in [6, 6.07) is 36.0. The molecule has 4 nitrogen and oxygen atoms in total. The Hall–Kier alpha value is -4.87. The molecular formula is C33H20N4S. The molecule has 0 aliphatic heterocycles. The molecule has 0 spiro atoms. The number of pyridine rings is 3. The zero-order valence-corrected chi connectivity index (χ0v) is 21.1. The first kappa shape index (κ1) is 21.2. The molecule has 0 atom stereocenters. The summed E-state index contributed by atoms with van der Waals surface area (Å²) in [5, 5.41) is 3.73. The van der Waals surface area contributed by atoms with E-state index in [1.165, 1.54) is 25.6 Å². The maximum Gasteiger partial charge on any atom is 0.137 e. The van der Waals surface area contributed by atoms with Crippen LogP contribution >= 0.6 is 11.3 Å². The van der Waals surface area contributed by atoms with Crippen molar-refractivity contribution >= 4 is 53.4 Å². The summed E-state index contributed by atoms with van der Waals surface area (Å²) in [5.74, 6) is 0.873. The van der Waals surface area contributed by atoms with Gasteiger partial charge in [-0.15, -0.1) is 11.3 Å². The Labute approximate surface area is 222 Å². The van der Waals surface area contributed by atoms with Gasteiger partial charge in [0.15, 0.2) is 0 Å². The lowest BCUT2D eigenvalue weighted by molar-refractivity contribution is 1.08. The molecule has 8 rings (SSSR count). The highest BCUT2D eigenvalue weighted by molar-refractivity contribution is 7.26. The van der Waals surface area contributed by atoms with Crippen molar-refractivity contribution in [1.82, 2.24) is 19.5 Å². The fraction of sp³-hybridized carbons (Fsp3) is 0. The normalized spacial score (nSPS) is 11.7. The van der Waals surface area contributed by atoms with Crippen molar-refractivity contribution in [3.05, 3.63) is 122 Å². The van der Waals surface area contributed by atoms with Crippen LogP contribution in [0.25, 0.3) is 70.3 Å². The molecule has 0 aliphatic rings. The van der Waals surface area contributed by atoms with Crippen LogP contribution in [0.4, 0.5) is 0 Å². The molecule has 0 N–H and O–H groups in total. The second-order valence-electron chi connectivity index (χ2n) is 9.34. The highest BCUT2D eigenvalue weighted by Gasteiger charge is 2.19. The molecule has 0 aliphatic carbocycles. The maximum atomic E-state index is 5.26. The van der Waals surface area contributed by atoms with Crippen molar-refractivity contribution in [3.8, 4) is 28.2 Å². The van der Waals surface area contributed by atoms with E-state index in [1.807, 2.05) is 48.1 Å². The van der Waals surface area contributed by atoms with Crippen LogP contribution in [-0.4, -0.2) is 19.5 Å². The standard InChI is InChI=1S/C33H20N4S/c1-2-6-22(7-3-1)26-12-14-28-32(36-26)31-27(13-11-25-24-8-4-5-9-29(24)38-33(25)31)37(28)30-15-10-23(20-35-30)21-16-18-34-19-17-21/h1-20H. The van der Waals surface area contributed by atoms with Crippen LogP contribution in [0.5, 0.6) is 0 Å². The molecule has 5 aromatic heterocycles. The van der Waals surface area contributed by atoms with Crippen LogP contribution in [0.3, 0.4) is 0 Å². The summed E-state index contributed by atoms with van der Waals surface area (Å²) in [6.45, 7) is 0. The first-order valence-electron chi connectivity index (χ1n) is 12.5. The zero-order valence-electron chi connectivity index (χ0n) is 20.2. The Kier molecular flexibility index (Phi) is 4.66. The van der Waals surface area contributed by atoms with Crippen molar-refractivity contribution in [2.45, 2.75) is 0 Å². The Morgan fingerprint density at radius 2 is 1.42 bits per heavy atom. The van der Waals surface area contributed by atoms with E-state index in [2.05, 4.69) is 94.5 Å². The molecule has 0 fully saturated rings. The van der Waals surface area contributed by atoms with Crippen molar-refractivity contribution in [2.75, 3.05) is 0 Å². The van der Waals surface area contributed by atoms with E-state index in [0.29, 0.717) is 0 Å². The molecule has 0 bridgehead atoms. The SMILES string of the molecule is c1ccc(-c2ccc3c(n2)c2c4sc5ccccc5c4ccc2n3-c2ccc(-c3ccncc3)cn2)cc1. The lowest BCUT2D eigenvalue weighted by atomic mass is 10.1. The molecule has 38 heavy (non-hydrogen) atoms. The van der Waals surface area contributed by atoms with Crippen molar-refractivity contribution in [1.29, 1.82) is 0 Å². The smallest absolute Gasteiger partial charge is 0.137 e. The van der Waals surface area contributed by atoms with Gasteiger partial charge in [0.05, 0.1) is 22.2 Å². The van der Waals surface area contributed by atoms with Gasteiger partial charge in [0.2, 0.25) is 0 Å². The van der Waals surface area contributed by atoms with E-state index in [9.17, 15) is 0 Å². The minimum Gasteiger partial charge on any atom is -0.292 e. The number of rotatable bonds is 3. The van der Waals surface area contributed by atoms with E-state index in [-0.39, 0.29) is 0 Å². The molecule has 8 aromatic rings. The van der Waals surface area contributed by atoms with E-state index in [4.69, 9.17) is 9.97 Å². The summed E-state index contributed by atoms with van der Waals surface area (Å²) >= 11 is 1.84. The first-order valence-corrected chi connectivity index (χ1v) is 13.3. The fourth-order valence-corrected chi connectivity index (χ4v) is 6.64. The second-order valence-corrected chi connectivity index (χ2v) is 10.4. The van der Waals surface area contributed by atoms with Crippen LogP contribution in [0.15, 0.2) is 122 Å². The Morgan fingerprint density at radius 3 is 2.26 bits per heavy atom. The van der Waals surface area contributed by atoms with Gasteiger partial charge >= 0.3 is 0 Å². The topological polar surface area (TPSA) is 43.6 Å². The number of benzene rings is 3. The van der Waals surface area contributed by atoms with Gasteiger partial charge in [0.1, 0.15) is 5.82 Å². The van der Waals surface area contributed by atoms with Crippen molar-refractivity contribution in [3.63, 3.8) is 0 Å². The zero-order chi connectivity index (χ0) is 25.1. The molecule has 0 saturated carbocycles. The molecule has 5 heterocycles. The van der Waals surface area contributed by atoms with Crippen molar-refractivity contribution in [2.24, 2.45) is 0 Å². The van der Waals surface area contributed by atoms with Gasteiger partial charge in [-0.3, -0.25) is 9.55 Å². The Bertz CT molecular complexity index is 2110. The van der Waals surface area contributed by atoms with E-state index < -0.39 is 0 Å². The molecule has 0 amide bonds. The van der Waals surface area contributed by atoms with Crippen LogP contribution in [-0.2, 0) is 0 Å². The van der Waals surface area contributed by atoms with E-state index >= 15 is 0 Å². The quantitative estimate of drug-likeness (QED) is 0.242. The van der Waals surface area contributed by atoms with E-state index in [0.717, 1.165) is 44.8 Å². The minimum absolute atomic E-state index is 0.873. The predicted molar refractivity (Wildman–Crippen MR) is 158 cm³/mol. The van der Waals surface area contributed by atoms with Crippen LogP contribution in [0.2, 0.25) is 0 Å².